The first kappa shape index (κ1) is 21.4. The number of amides is 2. The normalized spacial score (nSPS) is 15.9. The Morgan fingerprint density at radius 2 is 1.94 bits per heavy atom. The van der Waals surface area contributed by atoms with E-state index in [0.717, 1.165) is 0 Å². The van der Waals surface area contributed by atoms with Crippen molar-refractivity contribution in [1.29, 1.82) is 0 Å². The molecular weight excluding hydrogens is 428 g/mol. The fourth-order valence-electron chi connectivity index (χ4n) is 3.72. The highest BCUT2D eigenvalue weighted by atomic mass is 32.1. The second-order valence-electron chi connectivity index (χ2n) is 7.30. The average Bonchev–Trinajstić information content (AvgIpc) is 3.23. The molecule has 1 atom stereocenters. The number of rotatable bonds is 5. The number of aliphatic hydroxyl groups is 1. The van der Waals surface area contributed by atoms with Crippen LogP contribution >= 0.6 is 11.3 Å². The fraction of sp³-hybridized carbons (Fsp3) is 0.174. The quantitative estimate of drug-likeness (QED) is 0.573. The van der Waals surface area contributed by atoms with Crippen LogP contribution in [0.5, 0.6) is 0 Å². The van der Waals surface area contributed by atoms with Crippen molar-refractivity contribution >= 4 is 40.3 Å². The van der Waals surface area contributed by atoms with Crippen molar-refractivity contribution in [3.05, 3.63) is 81.3 Å². The lowest BCUT2D eigenvalue weighted by Gasteiger charge is -2.26. The Balaban J connectivity index is 1.86. The highest BCUT2D eigenvalue weighted by Gasteiger charge is 2.46. The van der Waals surface area contributed by atoms with E-state index in [1.54, 1.807) is 62.5 Å². The number of hydrogen-bond donors (Lipinski definition) is 2. The molecule has 8 nitrogen and oxygen atoms in total. The molecule has 0 aliphatic carbocycles. The topological polar surface area (TPSA) is 112 Å². The number of aliphatic hydroxyl groups excluding tert-OH is 1. The Morgan fingerprint density at radius 3 is 2.56 bits per heavy atom. The summed E-state index contributed by atoms with van der Waals surface area (Å²) in [5, 5.41) is 14.2. The molecule has 2 N–H and O–H groups in total. The highest BCUT2D eigenvalue weighted by Crippen LogP contribution is 2.42. The molecule has 0 bridgehead atoms. The molecular formula is C23H20N4O4S. The zero-order valence-electron chi connectivity index (χ0n) is 17.6. The molecule has 1 aromatic carbocycles. The molecule has 0 radical (unpaired) electrons. The van der Waals surface area contributed by atoms with Gasteiger partial charge in [-0.15, -0.1) is 11.3 Å². The number of hydrogen-bond acceptors (Lipinski definition) is 7. The summed E-state index contributed by atoms with van der Waals surface area (Å²) in [6, 6.07) is 10.9. The minimum absolute atomic E-state index is 0.0506. The number of nitrogens with zero attached hydrogens (tertiary/aromatic N) is 3. The number of carbonyl (C=O) groups is 3. The van der Waals surface area contributed by atoms with Crippen molar-refractivity contribution in [2.75, 3.05) is 10.2 Å². The number of Topliss-reactive ketones (excluding diaryl/α,β-unsaturated/α-hetero) is 1. The molecule has 162 valence electrons. The van der Waals surface area contributed by atoms with Gasteiger partial charge in [-0.05, 0) is 44.2 Å². The summed E-state index contributed by atoms with van der Waals surface area (Å²) in [5.41, 5.74) is 1.80. The van der Waals surface area contributed by atoms with Crippen LogP contribution in [0.2, 0.25) is 0 Å². The van der Waals surface area contributed by atoms with E-state index in [0.29, 0.717) is 32.6 Å². The van der Waals surface area contributed by atoms with Crippen molar-refractivity contribution in [2.45, 2.75) is 26.8 Å². The largest absolute Gasteiger partial charge is 0.503 e. The van der Waals surface area contributed by atoms with Crippen LogP contribution in [-0.2, 0) is 9.59 Å². The molecule has 1 aliphatic heterocycles. The molecule has 0 saturated carbocycles. The minimum atomic E-state index is -0.939. The Hall–Kier alpha value is -3.85. The van der Waals surface area contributed by atoms with Gasteiger partial charge in [0, 0.05) is 24.5 Å². The number of aryl methyl sites for hydroxylation is 2. The zero-order valence-corrected chi connectivity index (χ0v) is 18.4. The third-order valence-corrected chi connectivity index (χ3v) is 6.05. The molecule has 2 aromatic heterocycles. The monoisotopic (exact) mass is 448 g/mol. The molecule has 3 aromatic rings. The summed E-state index contributed by atoms with van der Waals surface area (Å²) in [6.45, 7) is 4.89. The van der Waals surface area contributed by atoms with Gasteiger partial charge in [-0.3, -0.25) is 24.3 Å². The lowest BCUT2D eigenvalue weighted by molar-refractivity contribution is -0.117. The van der Waals surface area contributed by atoms with Crippen molar-refractivity contribution in [3.8, 4) is 0 Å². The van der Waals surface area contributed by atoms with Crippen molar-refractivity contribution in [3.63, 3.8) is 0 Å². The number of ketones is 1. The molecule has 2 amide bonds. The predicted octanol–water partition coefficient (Wildman–Crippen LogP) is 3.90. The van der Waals surface area contributed by atoms with E-state index in [2.05, 4.69) is 15.3 Å². The summed E-state index contributed by atoms with van der Waals surface area (Å²) >= 11 is 1.21. The van der Waals surface area contributed by atoms with Gasteiger partial charge in [0.05, 0.1) is 26.8 Å². The van der Waals surface area contributed by atoms with E-state index in [1.165, 1.54) is 23.2 Å². The average molecular weight is 449 g/mol. The van der Waals surface area contributed by atoms with Gasteiger partial charge in [-0.25, -0.2) is 4.98 Å². The maximum atomic E-state index is 13.5. The zero-order chi connectivity index (χ0) is 23.0. The van der Waals surface area contributed by atoms with Crippen LogP contribution in [0.4, 0.5) is 11.4 Å². The van der Waals surface area contributed by atoms with E-state index >= 15 is 0 Å². The van der Waals surface area contributed by atoms with Crippen molar-refractivity contribution in [2.24, 2.45) is 0 Å². The Bertz CT molecular complexity index is 1270. The van der Waals surface area contributed by atoms with Crippen LogP contribution in [-0.4, -0.2) is 32.7 Å². The summed E-state index contributed by atoms with van der Waals surface area (Å²) in [6.07, 6.45) is 1.56. The highest BCUT2D eigenvalue weighted by molar-refractivity contribution is 7.14. The van der Waals surface area contributed by atoms with Crippen LogP contribution in [0.15, 0.2) is 60.0 Å². The van der Waals surface area contributed by atoms with Crippen molar-refractivity contribution in [1.82, 2.24) is 9.97 Å². The summed E-state index contributed by atoms with van der Waals surface area (Å²) in [4.78, 5) is 48.5. The predicted molar refractivity (Wildman–Crippen MR) is 121 cm³/mol. The van der Waals surface area contributed by atoms with Gasteiger partial charge in [0.25, 0.3) is 5.91 Å². The van der Waals surface area contributed by atoms with Crippen molar-refractivity contribution < 1.29 is 19.5 Å². The lowest BCUT2D eigenvalue weighted by Crippen LogP contribution is -2.31. The molecule has 1 unspecified atom stereocenters. The smallest absolute Gasteiger partial charge is 0.294 e. The summed E-state index contributed by atoms with van der Waals surface area (Å²) < 4.78 is 0. The van der Waals surface area contributed by atoms with Crippen LogP contribution in [0.1, 0.15) is 39.0 Å². The van der Waals surface area contributed by atoms with E-state index in [4.69, 9.17) is 0 Å². The number of thiazole rings is 1. The first-order chi connectivity index (χ1) is 15.3. The minimum Gasteiger partial charge on any atom is -0.503 e. The Kier molecular flexibility index (Phi) is 5.58. The maximum absolute atomic E-state index is 13.5. The number of anilines is 2. The van der Waals surface area contributed by atoms with Crippen LogP contribution in [0.25, 0.3) is 0 Å². The number of aromatic nitrogens is 2. The molecule has 0 saturated heterocycles. The second kappa shape index (κ2) is 8.35. The second-order valence-corrected chi connectivity index (χ2v) is 8.51. The number of nitrogens with one attached hydrogen (secondary N) is 1. The van der Waals surface area contributed by atoms with Gasteiger partial charge in [-0.2, -0.15) is 0 Å². The Morgan fingerprint density at radius 1 is 1.16 bits per heavy atom. The van der Waals surface area contributed by atoms with Gasteiger partial charge in [0.2, 0.25) is 11.7 Å². The summed E-state index contributed by atoms with van der Waals surface area (Å²) in [7, 11) is 0. The molecule has 3 heterocycles. The lowest BCUT2D eigenvalue weighted by atomic mass is 9.98. The molecule has 0 spiro atoms. The number of carbonyl (C=O) groups excluding carboxylic acids is 3. The molecule has 1 aliphatic rings. The summed E-state index contributed by atoms with van der Waals surface area (Å²) in [5.74, 6) is -2.07. The first-order valence-electron chi connectivity index (χ1n) is 9.82. The third-order valence-electron chi connectivity index (χ3n) is 4.98. The van der Waals surface area contributed by atoms with E-state index in [9.17, 15) is 19.5 Å². The molecule has 0 fully saturated rings. The van der Waals surface area contributed by atoms with Gasteiger partial charge >= 0.3 is 0 Å². The van der Waals surface area contributed by atoms with Crippen LogP contribution in [0.3, 0.4) is 0 Å². The van der Waals surface area contributed by atoms with Crippen LogP contribution < -0.4 is 10.2 Å². The fourth-order valence-corrected chi connectivity index (χ4v) is 4.60. The van der Waals surface area contributed by atoms with Gasteiger partial charge in [0.15, 0.2) is 5.76 Å². The standard InChI is InChI=1S/C23H20N4O4S/c1-12-22(32-14(3)25-12)20(29)18-19(17-9-4-5-10-24-17)27(23(31)21(18)30)16-8-6-7-15(11-16)26-13(2)28/h4-11,19,30H,1-3H3,(H,26,28). The number of pyridine rings is 1. The Labute approximate surface area is 188 Å². The number of benzene rings is 1. The third kappa shape index (κ3) is 3.78. The SMILES string of the molecule is CC(=O)Nc1cccc(N2C(=O)C(O)=C(C(=O)c3sc(C)nc3C)C2c2ccccn2)c1. The van der Waals surface area contributed by atoms with Gasteiger partial charge in [-0.1, -0.05) is 12.1 Å². The molecule has 32 heavy (non-hydrogen) atoms. The van der Waals surface area contributed by atoms with E-state index < -0.39 is 23.5 Å². The van der Waals surface area contributed by atoms with E-state index in [-0.39, 0.29) is 11.5 Å². The molecule has 4 rings (SSSR count). The van der Waals surface area contributed by atoms with Crippen LogP contribution in [0, 0.1) is 13.8 Å². The first-order valence-corrected chi connectivity index (χ1v) is 10.6. The van der Waals surface area contributed by atoms with E-state index in [1.807, 2.05) is 0 Å². The molecule has 9 heteroatoms. The van der Waals surface area contributed by atoms with Gasteiger partial charge < -0.3 is 10.4 Å². The maximum Gasteiger partial charge on any atom is 0.294 e. The van der Waals surface area contributed by atoms with Gasteiger partial charge in [0.1, 0.15) is 6.04 Å².